The highest BCUT2D eigenvalue weighted by Gasteiger charge is 1.95. The van der Waals surface area contributed by atoms with Crippen LogP contribution in [0.5, 0.6) is 0 Å². The maximum atomic E-state index is 10.6. The Balaban J connectivity index is 0.000000304. The fourth-order valence-corrected chi connectivity index (χ4v) is 1.02. The van der Waals surface area contributed by atoms with Gasteiger partial charge in [-0.1, -0.05) is 30.3 Å². The van der Waals surface area contributed by atoms with Gasteiger partial charge in [0.2, 0.25) is 0 Å². The first-order chi connectivity index (χ1) is 7.93. The maximum Gasteiger partial charge on any atom is 0.159 e. The van der Waals surface area contributed by atoms with Gasteiger partial charge in [-0.2, -0.15) is 0 Å². The summed E-state index contributed by atoms with van der Waals surface area (Å²) in [4.78, 5) is 31.0. The highest BCUT2D eigenvalue weighted by atomic mass is 16.1. The number of hydrogen-bond acceptors (Lipinski definition) is 3. The molecule has 0 heterocycles. The van der Waals surface area contributed by atoms with E-state index >= 15 is 0 Å². The van der Waals surface area contributed by atoms with Gasteiger partial charge in [-0.05, 0) is 20.8 Å². The zero-order valence-electron chi connectivity index (χ0n) is 10.5. The van der Waals surface area contributed by atoms with E-state index in [-0.39, 0.29) is 17.3 Å². The van der Waals surface area contributed by atoms with E-state index in [1.807, 2.05) is 30.3 Å². The van der Waals surface area contributed by atoms with Crippen LogP contribution in [0.15, 0.2) is 30.3 Å². The van der Waals surface area contributed by atoms with E-state index in [4.69, 9.17) is 0 Å². The van der Waals surface area contributed by atoms with Crippen molar-refractivity contribution in [1.29, 1.82) is 0 Å². The van der Waals surface area contributed by atoms with Crippen LogP contribution in [-0.2, 0) is 9.59 Å². The molecule has 92 valence electrons. The van der Waals surface area contributed by atoms with Crippen molar-refractivity contribution in [3.8, 4) is 0 Å². The van der Waals surface area contributed by atoms with E-state index < -0.39 is 0 Å². The third-order valence-corrected chi connectivity index (χ3v) is 2.01. The summed E-state index contributed by atoms with van der Waals surface area (Å²) in [5, 5.41) is 0. The number of Topliss-reactive ketones (excluding diaryl/α,β-unsaturated/α-hetero) is 3. The molecule has 0 fully saturated rings. The second-order valence-corrected chi connectivity index (χ2v) is 3.83. The van der Waals surface area contributed by atoms with Gasteiger partial charge >= 0.3 is 0 Å². The molecule has 1 rings (SSSR count). The summed E-state index contributed by atoms with van der Waals surface area (Å²) in [5.74, 6) is 0.288. The van der Waals surface area contributed by atoms with Crippen LogP contribution in [0.25, 0.3) is 0 Å². The highest BCUT2D eigenvalue weighted by Crippen LogP contribution is 1.97. The molecule has 0 unspecified atom stereocenters. The predicted octanol–water partition coefficient (Wildman–Crippen LogP) is 2.83. The van der Waals surface area contributed by atoms with Crippen LogP contribution >= 0.6 is 0 Å². The molecule has 1 aromatic carbocycles. The molecule has 0 aromatic heterocycles. The normalized spacial score (nSPS) is 8.88. The summed E-state index contributed by atoms with van der Waals surface area (Å²) in [6.45, 7) is 4.54. The molecule has 0 saturated carbocycles. The van der Waals surface area contributed by atoms with Crippen molar-refractivity contribution in [2.45, 2.75) is 33.6 Å². The lowest BCUT2D eigenvalue weighted by molar-refractivity contribution is -0.122. The van der Waals surface area contributed by atoms with Crippen molar-refractivity contribution in [2.75, 3.05) is 0 Å². The van der Waals surface area contributed by atoms with Gasteiger partial charge in [0.1, 0.15) is 11.6 Å². The summed E-state index contributed by atoms with van der Waals surface area (Å²) in [6.07, 6.45) is 0.796. The molecule has 1 aromatic rings. The van der Waals surface area contributed by atoms with Crippen molar-refractivity contribution >= 4 is 17.3 Å². The van der Waals surface area contributed by atoms with Crippen LogP contribution < -0.4 is 0 Å². The molecule has 3 nitrogen and oxygen atoms in total. The monoisotopic (exact) mass is 234 g/mol. The molecule has 0 aliphatic carbocycles. The largest absolute Gasteiger partial charge is 0.300 e. The Bertz CT molecular complexity index is 366. The fraction of sp³-hybridized carbons (Fsp3) is 0.357. The van der Waals surface area contributed by atoms with Crippen LogP contribution in [0, 0.1) is 0 Å². The van der Waals surface area contributed by atoms with Gasteiger partial charge in [0, 0.05) is 18.4 Å². The Kier molecular flexibility index (Phi) is 7.52. The number of hydrogen-bond donors (Lipinski definition) is 0. The lowest BCUT2D eigenvalue weighted by Crippen LogP contribution is -1.95. The minimum atomic E-state index is 0.0835. The third-order valence-electron chi connectivity index (χ3n) is 2.01. The van der Waals surface area contributed by atoms with E-state index in [2.05, 4.69) is 0 Å². The average Bonchev–Trinajstić information content (AvgIpc) is 2.28. The van der Waals surface area contributed by atoms with E-state index in [1.54, 1.807) is 6.92 Å². The van der Waals surface area contributed by atoms with Gasteiger partial charge in [-0.15, -0.1) is 0 Å². The Morgan fingerprint density at radius 2 is 1.24 bits per heavy atom. The van der Waals surface area contributed by atoms with Gasteiger partial charge in [-0.3, -0.25) is 4.79 Å². The summed E-state index contributed by atoms with van der Waals surface area (Å²) in [7, 11) is 0. The number of benzene rings is 1. The minimum Gasteiger partial charge on any atom is -0.300 e. The van der Waals surface area contributed by atoms with E-state index in [0.29, 0.717) is 12.8 Å². The molecule has 0 spiro atoms. The van der Waals surface area contributed by atoms with E-state index in [0.717, 1.165) is 5.56 Å². The topological polar surface area (TPSA) is 51.2 Å². The molecule has 0 radical (unpaired) electrons. The second-order valence-electron chi connectivity index (χ2n) is 3.83. The average molecular weight is 234 g/mol. The van der Waals surface area contributed by atoms with Crippen molar-refractivity contribution in [1.82, 2.24) is 0 Å². The van der Waals surface area contributed by atoms with Gasteiger partial charge < -0.3 is 9.59 Å². The SMILES string of the molecule is CC(=O)CCC(C)=O.CC(=O)c1ccccc1. The van der Waals surface area contributed by atoms with E-state index in [9.17, 15) is 14.4 Å². The zero-order chi connectivity index (χ0) is 13.3. The first-order valence-corrected chi connectivity index (χ1v) is 5.48. The summed E-state index contributed by atoms with van der Waals surface area (Å²) >= 11 is 0. The van der Waals surface area contributed by atoms with Gasteiger partial charge in [0.15, 0.2) is 5.78 Å². The molecule has 0 atom stereocenters. The third kappa shape index (κ3) is 9.18. The van der Waals surface area contributed by atoms with Gasteiger partial charge in [0.05, 0.1) is 0 Å². The van der Waals surface area contributed by atoms with Crippen molar-refractivity contribution < 1.29 is 14.4 Å². The van der Waals surface area contributed by atoms with Crippen molar-refractivity contribution in [3.05, 3.63) is 35.9 Å². The summed E-state index contributed by atoms with van der Waals surface area (Å²) < 4.78 is 0. The molecule has 0 aliphatic rings. The second kappa shape index (κ2) is 8.39. The molecule has 17 heavy (non-hydrogen) atoms. The van der Waals surface area contributed by atoms with Crippen molar-refractivity contribution in [3.63, 3.8) is 0 Å². The predicted molar refractivity (Wildman–Crippen MR) is 67.0 cm³/mol. The summed E-state index contributed by atoms with van der Waals surface area (Å²) in [5.41, 5.74) is 0.775. The van der Waals surface area contributed by atoms with Crippen LogP contribution in [0.1, 0.15) is 44.0 Å². The number of rotatable bonds is 4. The number of ketones is 3. The Morgan fingerprint density at radius 1 is 0.824 bits per heavy atom. The van der Waals surface area contributed by atoms with Crippen LogP contribution in [0.2, 0.25) is 0 Å². The molecule has 0 bridgehead atoms. The molecule has 3 heteroatoms. The van der Waals surface area contributed by atoms with E-state index in [1.165, 1.54) is 13.8 Å². The molecule has 0 aliphatic heterocycles. The quantitative estimate of drug-likeness (QED) is 0.753. The number of carbonyl (C=O) groups excluding carboxylic acids is 3. The summed E-state index contributed by atoms with van der Waals surface area (Å²) in [6, 6.07) is 9.23. The van der Waals surface area contributed by atoms with Crippen molar-refractivity contribution in [2.24, 2.45) is 0 Å². The Labute approximate surface area is 102 Å². The zero-order valence-corrected chi connectivity index (χ0v) is 10.5. The van der Waals surface area contributed by atoms with Gasteiger partial charge in [0.25, 0.3) is 0 Å². The van der Waals surface area contributed by atoms with Crippen LogP contribution in [0.4, 0.5) is 0 Å². The molecule has 0 amide bonds. The maximum absolute atomic E-state index is 10.6. The smallest absolute Gasteiger partial charge is 0.159 e. The molecular weight excluding hydrogens is 216 g/mol. The standard InChI is InChI=1S/C8H8O.C6H10O2/c1-7(9)8-5-3-2-4-6-8;1-5(7)3-4-6(2)8/h2-6H,1H3;3-4H2,1-2H3. The first kappa shape index (κ1) is 15.2. The van der Waals surface area contributed by atoms with Gasteiger partial charge in [-0.25, -0.2) is 0 Å². The number of carbonyl (C=O) groups is 3. The van der Waals surface area contributed by atoms with Crippen LogP contribution in [-0.4, -0.2) is 17.3 Å². The highest BCUT2D eigenvalue weighted by molar-refractivity contribution is 5.93. The Morgan fingerprint density at radius 3 is 1.47 bits per heavy atom. The minimum absolute atomic E-state index is 0.0835. The fourth-order valence-electron chi connectivity index (χ4n) is 1.02. The molecule has 0 N–H and O–H groups in total. The molecule has 0 saturated heterocycles. The lowest BCUT2D eigenvalue weighted by Gasteiger charge is -1.89. The van der Waals surface area contributed by atoms with Crippen LogP contribution in [0.3, 0.4) is 0 Å². The lowest BCUT2D eigenvalue weighted by atomic mass is 10.2. The molecular formula is C14H18O3. The first-order valence-electron chi connectivity index (χ1n) is 5.48. The Hall–Kier alpha value is -1.77.